The summed E-state index contributed by atoms with van der Waals surface area (Å²) in [5.41, 5.74) is 1.01. The Morgan fingerprint density at radius 2 is 2.18 bits per heavy atom. The summed E-state index contributed by atoms with van der Waals surface area (Å²) in [4.78, 5) is 11.6. The largest absolute Gasteiger partial charge is 0.314 e. The fraction of sp³-hybridized carbons (Fsp3) is 0.300. The third kappa shape index (κ3) is 1.91. The average molecular weight is 258 g/mol. The highest BCUT2D eigenvalue weighted by molar-refractivity contribution is 7.89. The van der Waals surface area contributed by atoms with E-state index in [1.54, 1.807) is 0 Å². The van der Waals surface area contributed by atoms with Crippen LogP contribution in [0.15, 0.2) is 17.0 Å². The molecule has 1 aromatic carbocycles. The molecule has 92 valence electrons. The SMILES string of the molecule is CC1CN(C=O)c2cc(S(N)(=O)=O)c(F)cc21. The van der Waals surface area contributed by atoms with Crippen LogP contribution in [0.1, 0.15) is 18.4 Å². The van der Waals surface area contributed by atoms with E-state index in [9.17, 15) is 17.6 Å². The van der Waals surface area contributed by atoms with E-state index in [0.717, 1.165) is 12.1 Å². The number of benzene rings is 1. The van der Waals surface area contributed by atoms with Crippen molar-refractivity contribution >= 4 is 22.1 Å². The van der Waals surface area contributed by atoms with Gasteiger partial charge in [0.25, 0.3) is 0 Å². The Bertz CT molecular complexity index is 585. The quantitative estimate of drug-likeness (QED) is 0.787. The first-order chi connectivity index (χ1) is 7.84. The summed E-state index contributed by atoms with van der Waals surface area (Å²) in [6, 6.07) is 2.24. The van der Waals surface area contributed by atoms with Crippen LogP contribution in [0.4, 0.5) is 10.1 Å². The summed E-state index contributed by atoms with van der Waals surface area (Å²) >= 11 is 0. The molecule has 0 fully saturated rings. The monoisotopic (exact) mass is 258 g/mol. The van der Waals surface area contributed by atoms with E-state index in [1.807, 2.05) is 6.92 Å². The molecule has 0 bridgehead atoms. The van der Waals surface area contributed by atoms with Gasteiger partial charge in [-0.1, -0.05) is 6.92 Å². The third-order valence-corrected chi connectivity index (χ3v) is 3.75. The van der Waals surface area contributed by atoms with Crippen molar-refractivity contribution in [1.82, 2.24) is 0 Å². The molecular weight excluding hydrogens is 247 g/mol. The Balaban J connectivity index is 2.68. The Hall–Kier alpha value is -1.47. The zero-order valence-electron chi connectivity index (χ0n) is 9.05. The smallest absolute Gasteiger partial charge is 0.241 e. The average Bonchev–Trinajstić information content (AvgIpc) is 2.53. The van der Waals surface area contributed by atoms with E-state index in [-0.39, 0.29) is 5.92 Å². The molecule has 0 saturated heterocycles. The van der Waals surface area contributed by atoms with Crippen molar-refractivity contribution in [2.45, 2.75) is 17.7 Å². The number of nitrogens with two attached hydrogens (primary N) is 1. The maximum absolute atomic E-state index is 13.6. The minimum atomic E-state index is -4.12. The lowest BCUT2D eigenvalue weighted by Gasteiger charge is -2.11. The van der Waals surface area contributed by atoms with Gasteiger partial charge in [-0.2, -0.15) is 0 Å². The molecule has 0 saturated carbocycles. The topological polar surface area (TPSA) is 80.5 Å². The second kappa shape index (κ2) is 3.78. The van der Waals surface area contributed by atoms with Crippen LogP contribution in [0.2, 0.25) is 0 Å². The molecule has 7 heteroatoms. The van der Waals surface area contributed by atoms with Crippen LogP contribution < -0.4 is 10.0 Å². The predicted octanol–water partition coefficient (Wildman–Crippen LogP) is 0.553. The molecule has 1 aliphatic rings. The fourth-order valence-corrected chi connectivity index (χ4v) is 2.62. The van der Waals surface area contributed by atoms with Crippen LogP contribution in [-0.2, 0) is 14.8 Å². The molecule has 17 heavy (non-hydrogen) atoms. The standard InChI is InChI=1S/C10H11FN2O3S/c1-6-4-13(5-14)9-3-10(17(12,15)16)8(11)2-7(6)9/h2-3,5-6H,4H2,1H3,(H2,12,15,16). The molecule has 0 aliphatic carbocycles. The van der Waals surface area contributed by atoms with Gasteiger partial charge in [0.2, 0.25) is 16.4 Å². The predicted molar refractivity (Wildman–Crippen MR) is 59.6 cm³/mol. The van der Waals surface area contributed by atoms with Crippen LogP contribution in [0.5, 0.6) is 0 Å². The number of halogens is 1. The van der Waals surface area contributed by atoms with Gasteiger partial charge < -0.3 is 4.90 Å². The third-order valence-electron chi connectivity index (χ3n) is 2.83. The molecule has 1 unspecified atom stereocenters. The molecule has 1 heterocycles. The van der Waals surface area contributed by atoms with Crippen molar-refractivity contribution in [2.75, 3.05) is 11.4 Å². The van der Waals surface area contributed by atoms with Gasteiger partial charge in [0.15, 0.2) is 0 Å². The minimum absolute atomic E-state index is 0.0285. The Morgan fingerprint density at radius 1 is 1.53 bits per heavy atom. The van der Waals surface area contributed by atoms with E-state index >= 15 is 0 Å². The van der Waals surface area contributed by atoms with Crippen LogP contribution in [-0.4, -0.2) is 21.4 Å². The van der Waals surface area contributed by atoms with Crippen LogP contribution in [0, 0.1) is 5.82 Å². The van der Waals surface area contributed by atoms with E-state index in [4.69, 9.17) is 5.14 Å². The van der Waals surface area contributed by atoms with Gasteiger partial charge >= 0.3 is 0 Å². The molecule has 1 atom stereocenters. The van der Waals surface area contributed by atoms with Crippen molar-refractivity contribution < 1.29 is 17.6 Å². The first-order valence-electron chi connectivity index (χ1n) is 4.92. The Kier molecular flexibility index (Phi) is 2.67. The number of fused-ring (bicyclic) bond motifs is 1. The summed E-state index contributed by atoms with van der Waals surface area (Å²) in [5.74, 6) is -0.912. The van der Waals surface area contributed by atoms with Gasteiger partial charge in [0, 0.05) is 18.2 Å². The van der Waals surface area contributed by atoms with Gasteiger partial charge in [0.1, 0.15) is 10.7 Å². The molecule has 0 spiro atoms. The number of hydrogen-bond donors (Lipinski definition) is 1. The molecule has 2 rings (SSSR count). The number of sulfonamides is 1. The number of hydrogen-bond acceptors (Lipinski definition) is 3. The normalized spacial score (nSPS) is 19.2. The molecule has 2 N–H and O–H groups in total. The number of amides is 1. The zero-order chi connectivity index (χ0) is 12.8. The summed E-state index contributed by atoms with van der Waals surface area (Å²) in [6.45, 7) is 2.24. The van der Waals surface area contributed by atoms with Gasteiger partial charge in [-0.15, -0.1) is 0 Å². The van der Waals surface area contributed by atoms with Gasteiger partial charge in [-0.05, 0) is 17.7 Å². The van der Waals surface area contributed by atoms with E-state index in [0.29, 0.717) is 24.2 Å². The van der Waals surface area contributed by atoms with Crippen LogP contribution in [0.3, 0.4) is 0 Å². The number of rotatable bonds is 2. The molecule has 5 nitrogen and oxygen atoms in total. The highest BCUT2D eigenvalue weighted by Gasteiger charge is 2.29. The van der Waals surface area contributed by atoms with Crippen LogP contribution >= 0.6 is 0 Å². The lowest BCUT2D eigenvalue weighted by atomic mass is 10.0. The van der Waals surface area contributed by atoms with Crippen molar-refractivity contribution in [1.29, 1.82) is 0 Å². The minimum Gasteiger partial charge on any atom is -0.314 e. The first kappa shape index (κ1) is 12.0. The number of anilines is 1. The van der Waals surface area contributed by atoms with Gasteiger partial charge in [-0.25, -0.2) is 17.9 Å². The lowest BCUT2D eigenvalue weighted by molar-refractivity contribution is -0.107. The van der Waals surface area contributed by atoms with Gasteiger partial charge in [0.05, 0.1) is 0 Å². The fourth-order valence-electron chi connectivity index (χ4n) is 2.01. The van der Waals surface area contributed by atoms with E-state index < -0.39 is 20.7 Å². The highest BCUT2D eigenvalue weighted by atomic mass is 32.2. The maximum Gasteiger partial charge on any atom is 0.241 e. The van der Waals surface area contributed by atoms with Crippen LogP contribution in [0.25, 0.3) is 0 Å². The Morgan fingerprint density at radius 3 is 2.71 bits per heavy atom. The zero-order valence-corrected chi connectivity index (χ0v) is 9.87. The van der Waals surface area contributed by atoms with E-state index in [1.165, 1.54) is 4.90 Å². The van der Waals surface area contributed by atoms with E-state index in [2.05, 4.69) is 0 Å². The highest BCUT2D eigenvalue weighted by Crippen LogP contribution is 2.37. The van der Waals surface area contributed by atoms with Crippen molar-refractivity contribution in [2.24, 2.45) is 5.14 Å². The van der Waals surface area contributed by atoms with Gasteiger partial charge in [-0.3, -0.25) is 4.79 Å². The number of primary sulfonamides is 1. The molecule has 0 radical (unpaired) electrons. The summed E-state index contributed by atoms with van der Waals surface area (Å²) in [7, 11) is -4.12. The molecule has 0 aromatic heterocycles. The summed E-state index contributed by atoms with van der Waals surface area (Å²) in [5, 5.41) is 4.90. The second-order valence-corrected chi connectivity index (χ2v) is 5.58. The Labute approximate surface area is 98.1 Å². The molecule has 1 aliphatic heterocycles. The number of nitrogens with zero attached hydrogens (tertiary/aromatic N) is 1. The van der Waals surface area contributed by atoms with Crippen molar-refractivity contribution in [3.05, 3.63) is 23.5 Å². The summed E-state index contributed by atoms with van der Waals surface area (Å²) < 4.78 is 35.9. The number of carbonyl (C=O) groups is 1. The number of carbonyl (C=O) groups excluding carboxylic acids is 1. The lowest BCUT2D eigenvalue weighted by Crippen LogP contribution is -2.19. The summed E-state index contributed by atoms with van der Waals surface area (Å²) in [6.07, 6.45) is 0.590. The maximum atomic E-state index is 13.6. The van der Waals surface area contributed by atoms with Crippen molar-refractivity contribution in [3.8, 4) is 0 Å². The second-order valence-electron chi connectivity index (χ2n) is 4.05. The molecule has 1 aromatic rings. The first-order valence-corrected chi connectivity index (χ1v) is 6.47. The molecule has 1 amide bonds. The molecular formula is C10H11FN2O3S. The van der Waals surface area contributed by atoms with Crippen molar-refractivity contribution in [3.63, 3.8) is 0 Å².